The molecule has 2 aromatic heterocycles. The normalized spacial score (nSPS) is 16.9. The predicted molar refractivity (Wildman–Crippen MR) is 188 cm³/mol. The summed E-state index contributed by atoms with van der Waals surface area (Å²) in [6.45, 7) is 14.7. The van der Waals surface area contributed by atoms with Crippen LogP contribution in [0.3, 0.4) is 0 Å². The Morgan fingerprint density at radius 2 is 1.75 bits per heavy atom. The molecule has 0 radical (unpaired) electrons. The van der Waals surface area contributed by atoms with Gasteiger partial charge in [-0.15, -0.1) is 0 Å². The topological polar surface area (TPSA) is 131 Å². The molecule has 2 atom stereocenters. The summed E-state index contributed by atoms with van der Waals surface area (Å²) in [5.41, 5.74) is 3.97. The molecule has 0 aliphatic carbocycles. The van der Waals surface area contributed by atoms with Crippen LogP contribution in [-0.2, 0) is 16.6 Å². The first-order valence-electron chi connectivity index (χ1n) is 16.2. The summed E-state index contributed by atoms with van der Waals surface area (Å²) in [6, 6.07) is 13.5. The average molecular weight is 672 g/mol. The van der Waals surface area contributed by atoms with E-state index in [1.54, 1.807) is 35.5 Å². The summed E-state index contributed by atoms with van der Waals surface area (Å²) in [5.74, 6) is 0.425. The highest BCUT2D eigenvalue weighted by Crippen LogP contribution is 2.32. The van der Waals surface area contributed by atoms with Crippen molar-refractivity contribution < 1.29 is 17.9 Å². The number of ether oxygens (including phenoxy) is 1. The molecule has 1 aliphatic rings. The number of carbonyl (C=O) groups is 1. The number of carbonyl (C=O) groups excluding carboxylic acids is 1. The summed E-state index contributed by atoms with van der Waals surface area (Å²) < 4.78 is 36.3. The zero-order chi connectivity index (χ0) is 34.8. The van der Waals surface area contributed by atoms with Gasteiger partial charge in [0.2, 0.25) is 11.8 Å². The molecule has 48 heavy (non-hydrogen) atoms. The standard InChI is InChI=1S/C36H45N7O4S/c1-9-25(4)42(8)31-20-37-19-27(38-31)21-43-28(18-36(5,6)7)22-47-32-17-30(33-23(2)12-10-13-24(33)3)39-35(40-32)41-48(45,46)29-15-11-14-26(16-29)34(43)44/h10-17,19-20,25,28H,9,18,21-22H2,1-8H3,(H,39,40,41)/t25-,28-/m1/s1. The van der Waals surface area contributed by atoms with E-state index in [9.17, 15) is 13.2 Å². The number of nitrogens with zero attached hydrogens (tertiary/aromatic N) is 6. The Balaban J connectivity index is 1.65. The van der Waals surface area contributed by atoms with Crippen molar-refractivity contribution >= 4 is 27.7 Å². The molecule has 0 spiro atoms. The van der Waals surface area contributed by atoms with Gasteiger partial charge >= 0.3 is 0 Å². The van der Waals surface area contributed by atoms with Crippen LogP contribution >= 0.6 is 0 Å². The number of rotatable bonds is 7. The summed E-state index contributed by atoms with van der Waals surface area (Å²) >= 11 is 0. The fourth-order valence-electron chi connectivity index (χ4n) is 5.86. The summed E-state index contributed by atoms with van der Waals surface area (Å²) in [7, 11) is -2.20. The van der Waals surface area contributed by atoms with Crippen LogP contribution in [0.4, 0.5) is 11.8 Å². The number of anilines is 2. The first-order chi connectivity index (χ1) is 22.6. The first kappa shape index (κ1) is 34.7. The molecule has 1 N–H and O–H groups in total. The Hall–Kier alpha value is -4.58. The van der Waals surface area contributed by atoms with Crippen LogP contribution < -0.4 is 14.4 Å². The molecule has 4 aromatic rings. The second kappa shape index (κ2) is 13.9. The van der Waals surface area contributed by atoms with Gasteiger partial charge in [0, 0.05) is 30.3 Å². The molecule has 1 amide bonds. The van der Waals surface area contributed by atoms with E-state index in [0.29, 0.717) is 23.6 Å². The monoisotopic (exact) mass is 671 g/mol. The molecule has 1 aliphatic heterocycles. The van der Waals surface area contributed by atoms with Gasteiger partial charge in [-0.3, -0.25) is 9.78 Å². The first-order valence-corrected chi connectivity index (χ1v) is 17.7. The minimum absolute atomic E-state index is 0.0829. The van der Waals surface area contributed by atoms with Crippen LogP contribution in [0.5, 0.6) is 5.88 Å². The zero-order valence-corrected chi connectivity index (χ0v) is 29.8. The molecule has 254 valence electrons. The van der Waals surface area contributed by atoms with Crippen LogP contribution in [0.1, 0.15) is 74.6 Å². The lowest BCUT2D eigenvalue weighted by Crippen LogP contribution is -2.45. The van der Waals surface area contributed by atoms with E-state index < -0.39 is 16.1 Å². The van der Waals surface area contributed by atoms with Crippen LogP contribution in [0, 0.1) is 19.3 Å². The smallest absolute Gasteiger partial charge is 0.264 e. The maximum atomic E-state index is 14.5. The lowest BCUT2D eigenvalue weighted by Gasteiger charge is -2.35. The quantitative estimate of drug-likeness (QED) is 0.236. The van der Waals surface area contributed by atoms with Gasteiger partial charge in [0.25, 0.3) is 15.9 Å². The van der Waals surface area contributed by atoms with E-state index in [-0.39, 0.29) is 52.8 Å². The Morgan fingerprint density at radius 3 is 2.44 bits per heavy atom. The molecule has 0 fully saturated rings. The van der Waals surface area contributed by atoms with Gasteiger partial charge in [-0.25, -0.2) is 23.1 Å². The maximum absolute atomic E-state index is 14.5. The average Bonchev–Trinajstić information content (AvgIpc) is 3.03. The number of aromatic nitrogens is 4. The summed E-state index contributed by atoms with van der Waals surface area (Å²) in [4.78, 5) is 36.6. The Bertz CT molecular complexity index is 1890. The van der Waals surface area contributed by atoms with Gasteiger partial charge in [-0.1, -0.05) is 52.0 Å². The second-order valence-corrected chi connectivity index (χ2v) is 15.4. The van der Waals surface area contributed by atoms with Crippen LogP contribution in [-0.4, -0.2) is 64.9 Å². The number of hydrogen-bond acceptors (Lipinski definition) is 9. The van der Waals surface area contributed by atoms with Crippen molar-refractivity contribution in [1.82, 2.24) is 24.8 Å². The highest BCUT2D eigenvalue weighted by Gasteiger charge is 2.32. The maximum Gasteiger partial charge on any atom is 0.264 e. The lowest BCUT2D eigenvalue weighted by molar-refractivity contribution is 0.0509. The van der Waals surface area contributed by atoms with Gasteiger partial charge in [0.1, 0.15) is 12.4 Å². The van der Waals surface area contributed by atoms with Crippen molar-refractivity contribution in [3.8, 4) is 17.1 Å². The minimum Gasteiger partial charge on any atom is -0.475 e. The number of nitrogens with one attached hydrogen (secondary N) is 1. The third kappa shape index (κ3) is 7.92. The number of aryl methyl sites for hydroxylation is 2. The second-order valence-electron chi connectivity index (χ2n) is 13.7. The van der Waals surface area contributed by atoms with Crippen molar-refractivity contribution in [1.29, 1.82) is 0 Å². The lowest BCUT2D eigenvalue weighted by atomic mass is 9.87. The van der Waals surface area contributed by atoms with E-state index in [1.165, 1.54) is 12.1 Å². The largest absolute Gasteiger partial charge is 0.475 e. The Kier molecular flexibility index (Phi) is 10.0. The van der Waals surface area contributed by atoms with Crippen LogP contribution in [0.25, 0.3) is 11.3 Å². The highest BCUT2D eigenvalue weighted by molar-refractivity contribution is 7.92. The van der Waals surface area contributed by atoms with Crippen molar-refractivity contribution in [2.24, 2.45) is 5.41 Å². The molecule has 0 saturated heterocycles. The van der Waals surface area contributed by atoms with Crippen molar-refractivity contribution in [2.45, 2.75) is 84.8 Å². The van der Waals surface area contributed by atoms with Crippen molar-refractivity contribution in [3.63, 3.8) is 0 Å². The number of fused-ring (bicyclic) bond motifs is 4. The SMILES string of the molecule is CC[C@@H](C)N(C)c1cncc(CN2C(=O)c3cccc(c3)S(=O)(=O)Nc3nc(cc(-c4c(C)cccc4C)n3)OC[C@H]2CC(C)(C)C)n1. The van der Waals surface area contributed by atoms with E-state index in [1.807, 2.05) is 39.1 Å². The summed E-state index contributed by atoms with van der Waals surface area (Å²) in [5, 5.41) is 0. The fourth-order valence-corrected chi connectivity index (χ4v) is 6.85. The van der Waals surface area contributed by atoms with E-state index >= 15 is 0 Å². The Morgan fingerprint density at radius 1 is 1.04 bits per heavy atom. The third-order valence-electron chi connectivity index (χ3n) is 8.65. The molecular weight excluding hydrogens is 627 g/mol. The highest BCUT2D eigenvalue weighted by atomic mass is 32.2. The zero-order valence-electron chi connectivity index (χ0n) is 29.0. The van der Waals surface area contributed by atoms with Gasteiger partial charge in [0.05, 0.1) is 41.3 Å². The van der Waals surface area contributed by atoms with E-state index in [0.717, 1.165) is 23.1 Å². The number of amides is 1. The van der Waals surface area contributed by atoms with Crippen LogP contribution in [0.2, 0.25) is 0 Å². The third-order valence-corrected chi connectivity index (χ3v) is 9.97. The molecule has 4 bridgehead atoms. The van der Waals surface area contributed by atoms with Gasteiger partial charge in [-0.05, 0) is 68.4 Å². The molecule has 0 unspecified atom stereocenters. The van der Waals surface area contributed by atoms with Crippen molar-refractivity contribution in [2.75, 3.05) is 23.3 Å². The van der Waals surface area contributed by atoms with Gasteiger partial charge < -0.3 is 14.5 Å². The molecular formula is C36H45N7O4S. The van der Waals surface area contributed by atoms with Crippen molar-refractivity contribution in [3.05, 3.63) is 83.3 Å². The molecule has 12 heteroatoms. The van der Waals surface area contributed by atoms with Gasteiger partial charge in [-0.2, -0.15) is 4.98 Å². The predicted octanol–water partition coefficient (Wildman–Crippen LogP) is 6.43. The number of benzene rings is 2. The fraction of sp³-hybridized carbons (Fsp3) is 0.417. The summed E-state index contributed by atoms with van der Waals surface area (Å²) in [6.07, 6.45) is 4.89. The molecule has 2 aromatic carbocycles. The van der Waals surface area contributed by atoms with E-state index in [4.69, 9.17) is 9.72 Å². The number of hydrogen-bond donors (Lipinski definition) is 1. The Labute approximate surface area is 283 Å². The minimum atomic E-state index is -4.18. The number of sulfonamides is 1. The van der Waals surface area contributed by atoms with Gasteiger partial charge in [0.15, 0.2) is 0 Å². The molecule has 5 rings (SSSR count). The molecule has 11 nitrogen and oxygen atoms in total. The molecule has 0 saturated carbocycles. The van der Waals surface area contributed by atoms with Crippen LogP contribution in [0.15, 0.2) is 65.8 Å². The van der Waals surface area contributed by atoms with E-state index in [2.05, 4.69) is 59.2 Å². The molecule has 3 heterocycles.